The first-order chi connectivity index (χ1) is 7.69. The summed E-state index contributed by atoms with van der Waals surface area (Å²) in [6.07, 6.45) is 9.65. The maximum Gasteiger partial charge on any atom is 0.00696 e. The summed E-state index contributed by atoms with van der Waals surface area (Å²) in [5, 5.41) is 3.89. The number of hydrogen-bond donors (Lipinski definition) is 1. The quantitative estimate of drug-likeness (QED) is 0.614. The van der Waals surface area contributed by atoms with Crippen LogP contribution in [0.15, 0.2) is 0 Å². The van der Waals surface area contributed by atoms with E-state index in [9.17, 15) is 0 Å². The van der Waals surface area contributed by atoms with Crippen molar-refractivity contribution in [2.24, 2.45) is 11.8 Å². The first-order valence-electron chi connectivity index (χ1n) is 7.45. The Morgan fingerprint density at radius 1 is 1.00 bits per heavy atom. The molecular formula is C15H31N. The monoisotopic (exact) mass is 225 g/mol. The van der Waals surface area contributed by atoms with Crippen LogP contribution < -0.4 is 5.32 Å². The molecule has 3 atom stereocenters. The van der Waals surface area contributed by atoms with Gasteiger partial charge >= 0.3 is 0 Å². The molecule has 1 heteroatoms. The molecule has 0 radical (unpaired) electrons. The number of nitrogens with one attached hydrogen (secondary N) is 1. The van der Waals surface area contributed by atoms with Crippen LogP contribution in [-0.4, -0.2) is 12.1 Å². The predicted octanol–water partition coefficient (Wildman–Crippen LogP) is 4.37. The molecule has 1 aliphatic rings. The molecule has 0 aromatic carbocycles. The van der Waals surface area contributed by atoms with Crippen LogP contribution in [0.1, 0.15) is 72.6 Å². The Kier molecular flexibility index (Phi) is 6.41. The summed E-state index contributed by atoms with van der Waals surface area (Å²) in [6.45, 7) is 9.34. The van der Waals surface area contributed by atoms with Crippen LogP contribution in [-0.2, 0) is 0 Å². The molecule has 0 spiro atoms. The third-order valence-corrected chi connectivity index (χ3v) is 4.16. The lowest BCUT2D eigenvalue weighted by atomic mass is 9.96. The van der Waals surface area contributed by atoms with Gasteiger partial charge in [-0.25, -0.2) is 0 Å². The first-order valence-corrected chi connectivity index (χ1v) is 7.45. The topological polar surface area (TPSA) is 12.0 Å². The minimum absolute atomic E-state index is 0.749. The molecule has 0 bridgehead atoms. The van der Waals surface area contributed by atoms with Crippen molar-refractivity contribution < 1.29 is 0 Å². The molecule has 1 fully saturated rings. The second kappa shape index (κ2) is 7.32. The van der Waals surface area contributed by atoms with Crippen molar-refractivity contribution in [1.29, 1.82) is 0 Å². The Morgan fingerprint density at radius 2 is 1.62 bits per heavy atom. The van der Waals surface area contributed by atoms with E-state index in [1.807, 2.05) is 0 Å². The molecule has 0 aliphatic heterocycles. The highest BCUT2D eigenvalue weighted by Gasteiger charge is 2.25. The van der Waals surface area contributed by atoms with Gasteiger partial charge in [-0.3, -0.25) is 0 Å². The van der Waals surface area contributed by atoms with E-state index in [0.717, 1.165) is 23.9 Å². The summed E-state index contributed by atoms with van der Waals surface area (Å²) in [5.74, 6) is 1.93. The van der Waals surface area contributed by atoms with Crippen LogP contribution in [0.3, 0.4) is 0 Å². The second-order valence-corrected chi connectivity index (χ2v) is 5.81. The zero-order valence-electron chi connectivity index (χ0n) is 11.8. The second-order valence-electron chi connectivity index (χ2n) is 5.81. The number of rotatable bonds is 9. The SMILES string of the molecule is CCC(C)CC(CC)NC(CC)CC1CC1. The van der Waals surface area contributed by atoms with Gasteiger partial charge in [0.2, 0.25) is 0 Å². The van der Waals surface area contributed by atoms with E-state index in [2.05, 4.69) is 33.0 Å². The van der Waals surface area contributed by atoms with E-state index in [-0.39, 0.29) is 0 Å². The van der Waals surface area contributed by atoms with Crippen LogP contribution in [0.2, 0.25) is 0 Å². The molecule has 1 nitrogen and oxygen atoms in total. The largest absolute Gasteiger partial charge is 0.311 e. The van der Waals surface area contributed by atoms with Gasteiger partial charge in [-0.1, -0.05) is 47.0 Å². The summed E-state index contributed by atoms with van der Waals surface area (Å²) >= 11 is 0. The van der Waals surface area contributed by atoms with Gasteiger partial charge in [0.1, 0.15) is 0 Å². The fourth-order valence-electron chi connectivity index (χ4n) is 2.45. The summed E-state index contributed by atoms with van der Waals surface area (Å²) in [6, 6.07) is 1.53. The smallest absolute Gasteiger partial charge is 0.00696 e. The molecule has 0 amide bonds. The highest BCUT2D eigenvalue weighted by atomic mass is 14.9. The van der Waals surface area contributed by atoms with Crippen molar-refractivity contribution in [3.8, 4) is 0 Å². The zero-order chi connectivity index (χ0) is 12.0. The summed E-state index contributed by atoms with van der Waals surface area (Å²) in [5.41, 5.74) is 0. The average molecular weight is 225 g/mol. The molecule has 0 heterocycles. The van der Waals surface area contributed by atoms with Crippen LogP contribution >= 0.6 is 0 Å². The fraction of sp³-hybridized carbons (Fsp3) is 1.00. The van der Waals surface area contributed by atoms with E-state index < -0.39 is 0 Å². The summed E-state index contributed by atoms with van der Waals surface area (Å²) in [7, 11) is 0. The Bertz CT molecular complexity index is 174. The molecule has 96 valence electrons. The Balaban J connectivity index is 2.27. The standard InChI is InChI=1S/C15H31N/c1-5-12(4)10-14(6-2)16-15(7-3)11-13-8-9-13/h12-16H,5-11H2,1-4H3. The van der Waals surface area contributed by atoms with E-state index in [4.69, 9.17) is 0 Å². The van der Waals surface area contributed by atoms with Crippen molar-refractivity contribution in [2.45, 2.75) is 84.7 Å². The molecule has 3 unspecified atom stereocenters. The molecule has 1 N–H and O–H groups in total. The Hall–Kier alpha value is -0.0400. The van der Waals surface area contributed by atoms with Gasteiger partial charge in [-0.2, -0.15) is 0 Å². The Labute approximate surface area is 102 Å². The molecular weight excluding hydrogens is 194 g/mol. The van der Waals surface area contributed by atoms with Gasteiger partial charge in [0, 0.05) is 12.1 Å². The molecule has 16 heavy (non-hydrogen) atoms. The van der Waals surface area contributed by atoms with Crippen molar-refractivity contribution in [3.63, 3.8) is 0 Å². The average Bonchev–Trinajstić information content (AvgIpc) is 3.10. The minimum atomic E-state index is 0.749. The third-order valence-electron chi connectivity index (χ3n) is 4.16. The summed E-state index contributed by atoms with van der Waals surface area (Å²) < 4.78 is 0. The molecule has 1 aliphatic carbocycles. The van der Waals surface area contributed by atoms with Gasteiger partial charge in [0.25, 0.3) is 0 Å². The maximum absolute atomic E-state index is 3.89. The van der Waals surface area contributed by atoms with Crippen molar-refractivity contribution in [1.82, 2.24) is 5.32 Å². The van der Waals surface area contributed by atoms with Crippen molar-refractivity contribution >= 4 is 0 Å². The lowest BCUT2D eigenvalue weighted by molar-refractivity contribution is 0.327. The van der Waals surface area contributed by atoms with Gasteiger partial charge in [-0.15, -0.1) is 0 Å². The predicted molar refractivity (Wildman–Crippen MR) is 72.7 cm³/mol. The van der Waals surface area contributed by atoms with E-state index >= 15 is 0 Å². The van der Waals surface area contributed by atoms with Gasteiger partial charge < -0.3 is 5.32 Å². The lowest BCUT2D eigenvalue weighted by Crippen LogP contribution is -2.38. The van der Waals surface area contributed by atoms with E-state index in [0.29, 0.717) is 0 Å². The normalized spacial score (nSPS) is 21.8. The van der Waals surface area contributed by atoms with Gasteiger partial charge in [0.15, 0.2) is 0 Å². The molecule has 1 saturated carbocycles. The van der Waals surface area contributed by atoms with E-state index in [1.54, 1.807) is 0 Å². The maximum atomic E-state index is 3.89. The zero-order valence-corrected chi connectivity index (χ0v) is 11.8. The van der Waals surface area contributed by atoms with Crippen LogP contribution in [0.5, 0.6) is 0 Å². The number of hydrogen-bond acceptors (Lipinski definition) is 1. The first kappa shape index (κ1) is 14.0. The molecule has 0 aromatic rings. The molecule has 0 saturated heterocycles. The molecule has 1 rings (SSSR count). The van der Waals surface area contributed by atoms with Crippen LogP contribution in [0.25, 0.3) is 0 Å². The highest BCUT2D eigenvalue weighted by Crippen LogP contribution is 2.34. The minimum Gasteiger partial charge on any atom is -0.311 e. The van der Waals surface area contributed by atoms with Gasteiger partial charge in [-0.05, 0) is 37.5 Å². The Morgan fingerprint density at radius 3 is 2.06 bits per heavy atom. The van der Waals surface area contributed by atoms with E-state index in [1.165, 1.54) is 44.9 Å². The van der Waals surface area contributed by atoms with Crippen molar-refractivity contribution in [2.75, 3.05) is 0 Å². The molecule has 0 aromatic heterocycles. The third kappa shape index (κ3) is 5.34. The van der Waals surface area contributed by atoms with Gasteiger partial charge in [0.05, 0.1) is 0 Å². The fourth-order valence-corrected chi connectivity index (χ4v) is 2.45. The van der Waals surface area contributed by atoms with Crippen molar-refractivity contribution in [3.05, 3.63) is 0 Å². The lowest BCUT2D eigenvalue weighted by Gasteiger charge is -2.26. The highest BCUT2D eigenvalue weighted by molar-refractivity contribution is 4.82. The summed E-state index contributed by atoms with van der Waals surface area (Å²) in [4.78, 5) is 0. The van der Waals surface area contributed by atoms with Crippen LogP contribution in [0.4, 0.5) is 0 Å². The van der Waals surface area contributed by atoms with Crippen LogP contribution in [0, 0.1) is 11.8 Å².